The summed E-state index contributed by atoms with van der Waals surface area (Å²) in [7, 11) is 0. The normalized spacial score (nSPS) is 18.3. The number of hydrogen-bond donors (Lipinski definition) is 2. The number of nitrogens with one attached hydrogen (secondary N) is 2. The predicted octanol–water partition coefficient (Wildman–Crippen LogP) is 2.15. The van der Waals surface area contributed by atoms with Gasteiger partial charge in [-0.1, -0.05) is 17.7 Å². The van der Waals surface area contributed by atoms with E-state index in [1.807, 2.05) is 13.0 Å². The van der Waals surface area contributed by atoms with Crippen LogP contribution in [-0.2, 0) is 4.79 Å². The van der Waals surface area contributed by atoms with Gasteiger partial charge in [0.05, 0.1) is 0 Å². The van der Waals surface area contributed by atoms with Crippen molar-refractivity contribution >= 4 is 29.2 Å². The van der Waals surface area contributed by atoms with Gasteiger partial charge < -0.3 is 10.6 Å². The molecule has 0 aliphatic carbocycles. The molecule has 0 bridgehead atoms. The van der Waals surface area contributed by atoms with Crippen molar-refractivity contribution in [1.29, 1.82) is 0 Å². The first-order valence-electron chi connectivity index (χ1n) is 6.73. The van der Waals surface area contributed by atoms with E-state index in [2.05, 4.69) is 10.6 Å². The zero-order valence-electron chi connectivity index (χ0n) is 11.4. The molecule has 1 aromatic rings. The molecule has 1 atom stereocenters. The van der Waals surface area contributed by atoms with E-state index in [4.69, 9.17) is 11.6 Å². The van der Waals surface area contributed by atoms with Gasteiger partial charge >= 0.3 is 6.03 Å². The van der Waals surface area contributed by atoms with Crippen LogP contribution in [0.5, 0.6) is 0 Å². The molecule has 2 N–H and O–H groups in total. The highest BCUT2D eigenvalue weighted by atomic mass is 35.5. The van der Waals surface area contributed by atoms with Crippen LogP contribution in [0.3, 0.4) is 0 Å². The molecule has 2 rings (SSSR count). The van der Waals surface area contributed by atoms with E-state index >= 15 is 0 Å². The molecule has 1 saturated heterocycles. The summed E-state index contributed by atoms with van der Waals surface area (Å²) in [6.07, 6.45) is 1.55. The molecule has 1 heterocycles. The first-order valence-corrected chi connectivity index (χ1v) is 7.11. The number of piperidine rings is 1. The largest absolute Gasteiger partial charge is 0.354 e. The summed E-state index contributed by atoms with van der Waals surface area (Å²) in [6, 6.07) is 6.36. The molecule has 20 heavy (non-hydrogen) atoms. The maximum atomic E-state index is 12.3. The fourth-order valence-electron chi connectivity index (χ4n) is 2.22. The molecular weight excluding hydrogens is 278 g/mol. The molecule has 0 unspecified atom stereocenters. The number of anilines is 1. The van der Waals surface area contributed by atoms with Crippen LogP contribution < -0.4 is 15.5 Å². The first kappa shape index (κ1) is 14.7. The lowest BCUT2D eigenvalue weighted by molar-refractivity contribution is -0.124. The van der Waals surface area contributed by atoms with E-state index in [1.54, 1.807) is 23.1 Å². The Labute approximate surface area is 123 Å². The van der Waals surface area contributed by atoms with Crippen LogP contribution in [0.15, 0.2) is 24.3 Å². The summed E-state index contributed by atoms with van der Waals surface area (Å²) in [5.41, 5.74) is 0.716. The number of carbonyl (C=O) groups excluding carboxylic acids is 2. The Balaban J connectivity index is 2.07. The molecule has 5 nitrogen and oxygen atoms in total. The number of benzene rings is 1. The third-order valence-electron chi connectivity index (χ3n) is 3.26. The molecule has 1 fully saturated rings. The Hall–Kier alpha value is -1.75. The van der Waals surface area contributed by atoms with Crippen molar-refractivity contribution < 1.29 is 9.59 Å². The van der Waals surface area contributed by atoms with Crippen LogP contribution in [0.2, 0.25) is 5.02 Å². The average molecular weight is 296 g/mol. The second kappa shape index (κ2) is 6.61. The van der Waals surface area contributed by atoms with Crippen molar-refractivity contribution in [3.05, 3.63) is 29.3 Å². The van der Waals surface area contributed by atoms with Gasteiger partial charge in [0.25, 0.3) is 0 Å². The SMILES string of the molecule is CCN(C(=O)N[C@@H]1CCCNC1=O)c1cccc(Cl)c1. The third kappa shape index (κ3) is 3.42. The second-order valence-corrected chi connectivity index (χ2v) is 5.10. The van der Waals surface area contributed by atoms with Crippen LogP contribution in [-0.4, -0.2) is 31.1 Å². The van der Waals surface area contributed by atoms with Gasteiger partial charge in [-0.3, -0.25) is 9.69 Å². The van der Waals surface area contributed by atoms with Crippen LogP contribution in [0, 0.1) is 0 Å². The Morgan fingerprint density at radius 1 is 1.55 bits per heavy atom. The van der Waals surface area contributed by atoms with Gasteiger partial charge in [-0.2, -0.15) is 0 Å². The first-order chi connectivity index (χ1) is 9.61. The summed E-state index contributed by atoms with van der Waals surface area (Å²) in [5, 5.41) is 6.09. The van der Waals surface area contributed by atoms with E-state index < -0.39 is 6.04 Å². The van der Waals surface area contributed by atoms with Crippen molar-refractivity contribution in [2.75, 3.05) is 18.0 Å². The maximum absolute atomic E-state index is 12.3. The zero-order chi connectivity index (χ0) is 14.5. The molecule has 108 valence electrons. The molecule has 0 spiro atoms. The van der Waals surface area contributed by atoms with Crippen molar-refractivity contribution in [3.63, 3.8) is 0 Å². The van der Waals surface area contributed by atoms with Gasteiger partial charge in [-0.05, 0) is 38.0 Å². The number of hydrogen-bond acceptors (Lipinski definition) is 2. The third-order valence-corrected chi connectivity index (χ3v) is 3.50. The van der Waals surface area contributed by atoms with Gasteiger partial charge in [0.2, 0.25) is 5.91 Å². The highest BCUT2D eigenvalue weighted by Gasteiger charge is 2.25. The number of halogens is 1. The molecule has 0 saturated carbocycles. The highest BCUT2D eigenvalue weighted by molar-refractivity contribution is 6.30. The fraction of sp³-hybridized carbons (Fsp3) is 0.429. The number of urea groups is 1. The molecule has 6 heteroatoms. The smallest absolute Gasteiger partial charge is 0.322 e. The van der Waals surface area contributed by atoms with Gasteiger partial charge in [0.1, 0.15) is 6.04 Å². The topological polar surface area (TPSA) is 61.4 Å². The van der Waals surface area contributed by atoms with E-state index in [-0.39, 0.29) is 11.9 Å². The minimum atomic E-state index is -0.454. The van der Waals surface area contributed by atoms with E-state index in [0.29, 0.717) is 30.2 Å². The summed E-state index contributed by atoms with van der Waals surface area (Å²) < 4.78 is 0. The van der Waals surface area contributed by atoms with Gasteiger partial charge in [-0.15, -0.1) is 0 Å². The van der Waals surface area contributed by atoms with Gasteiger partial charge in [0, 0.05) is 23.8 Å². The number of nitrogens with zero attached hydrogens (tertiary/aromatic N) is 1. The van der Waals surface area contributed by atoms with E-state index in [1.165, 1.54) is 0 Å². The number of amides is 3. The summed E-state index contributed by atoms with van der Waals surface area (Å²) in [5.74, 6) is -0.119. The predicted molar refractivity (Wildman–Crippen MR) is 79.0 cm³/mol. The molecule has 1 aliphatic rings. The molecule has 3 amide bonds. The Morgan fingerprint density at radius 2 is 2.35 bits per heavy atom. The lowest BCUT2D eigenvalue weighted by Crippen LogP contribution is -2.53. The standard InChI is InChI=1S/C14H18ClN3O2/c1-2-18(11-6-3-5-10(15)9-11)14(20)17-12-7-4-8-16-13(12)19/h3,5-6,9,12H,2,4,7-8H2,1H3,(H,16,19)(H,17,20)/t12-/m1/s1. The Bertz CT molecular complexity index is 507. The lowest BCUT2D eigenvalue weighted by atomic mass is 10.1. The quantitative estimate of drug-likeness (QED) is 0.897. The van der Waals surface area contributed by atoms with Crippen molar-refractivity contribution in [2.45, 2.75) is 25.8 Å². The average Bonchev–Trinajstić information content (AvgIpc) is 2.42. The Morgan fingerprint density at radius 3 is 3.00 bits per heavy atom. The highest BCUT2D eigenvalue weighted by Crippen LogP contribution is 2.19. The minimum Gasteiger partial charge on any atom is -0.354 e. The molecular formula is C14H18ClN3O2. The van der Waals surface area contributed by atoms with Gasteiger partial charge in [-0.25, -0.2) is 4.79 Å². The van der Waals surface area contributed by atoms with Crippen LogP contribution in [0.1, 0.15) is 19.8 Å². The second-order valence-electron chi connectivity index (χ2n) is 4.66. The van der Waals surface area contributed by atoms with Crippen molar-refractivity contribution in [2.24, 2.45) is 0 Å². The summed E-state index contributed by atoms with van der Waals surface area (Å²) in [6.45, 7) is 3.05. The minimum absolute atomic E-state index is 0.119. The molecule has 0 radical (unpaired) electrons. The zero-order valence-corrected chi connectivity index (χ0v) is 12.1. The maximum Gasteiger partial charge on any atom is 0.322 e. The Kier molecular flexibility index (Phi) is 4.84. The van der Waals surface area contributed by atoms with Crippen LogP contribution in [0.4, 0.5) is 10.5 Å². The molecule has 0 aromatic heterocycles. The lowest BCUT2D eigenvalue weighted by Gasteiger charge is -2.27. The van der Waals surface area contributed by atoms with Crippen LogP contribution in [0.25, 0.3) is 0 Å². The molecule has 1 aliphatic heterocycles. The fourth-order valence-corrected chi connectivity index (χ4v) is 2.41. The van der Waals surface area contributed by atoms with Gasteiger partial charge in [0.15, 0.2) is 0 Å². The van der Waals surface area contributed by atoms with Crippen LogP contribution >= 0.6 is 11.6 Å². The van der Waals surface area contributed by atoms with Crippen molar-refractivity contribution in [1.82, 2.24) is 10.6 Å². The monoisotopic (exact) mass is 295 g/mol. The van der Waals surface area contributed by atoms with Crippen molar-refractivity contribution in [3.8, 4) is 0 Å². The number of carbonyl (C=O) groups is 2. The van der Waals surface area contributed by atoms with E-state index in [9.17, 15) is 9.59 Å². The molecule has 1 aromatic carbocycles. The van der Waals surface area contributed by atoms with E-state index in [0.717, 1.165) is 6.42 Å². The summed E-state index contributed by atoms with van der Waals surface area (Å²) in [4.78, 5) is 25.5. The number of rotatable bonds is 3. The summed E-state index contributed by atoms with van der Waals surface area (Å²) >= 11 is 5.94.